The largest absolute Gasteiger partial charge is 0.481 e. The summed E-state index contributed by atoms with van der Waals surface area (Å²) in [5.41, 5.74) is 1.73. The first-order chi connectivity index (χ1) is 19.0. The number of carbonyl (C=O) groups is 5. The first-order valence-electron chi connectivity index (χ1n) is 12.5. The molecule has 0 spiro atoms. The summed E-state index contributed by atoms with van der Waals surface area (Å²) in [5.74, 6) is -4.23. The number of nitrogens with zero attached hydrogens (tertiary/aromatic N) is 4. The Morgan fingerprint density at radius 2 is 1.73 bits per heavy atom. The molecular formula is C25H33FN6O8. The minimum atomic E-state index is -1.50. The molecule has 1 heterocycles. The van der Waals surface area contributed by atoms with Crippen molar-refractivity contribution in [1.29, 1.82) is 0 Å². The van der Waals surface area contributed by atoms with Gasteiger partial charge in [0.15, 0.2) is 0 Å². The molecule has 1 aromatic carbocycles. The molecule has 0 saturated carbocycles. The molecule has 0 aliphatic rings. The second-order valence-corrected chi connectivity index (χ2v) is 9.06. The fraction of sp³-hybridized carbons (Fsp3) is 0.480. The Balaban J connectivity index is 1.87. The van der Waals surface area contributed by atoms with Crippen LogP contribution in [0.1, 0.15) is 43.4 Å². The van der Waals surface area contributed by atoms with Crippen LogP contribution in [0.2, 0.25) is 0 Å². The van der Waals surface area contributed by atoms with E-state index in [4.69, 9.17) is 5.11 Å². The van der Waals surface area contributed by atoms with E-state index in [1.165, 1.54) is 7.05 Å². The van der Waals surface area contributed by atoms with Gasteiger partial charge in [-0.2, -0.15) is 0 Å². The highest BCUT2D eigenvalue weighted by Crippen LogP contribution is 2.15. The van der Waals surface area contributed by atoms with Gasteiger partial charge in [-0.1, -0.05) is 17.3 Å². The van der Waals surface area contributed by atoms with Gasteiger partial charge in [-0.15, -0.1) is 5.10 Å². The van der Waals surface area contributed by atoms with Crippen LogP contribution in [0, 0.1) is 0 Å². The van der Waals surface area contributed by atoms with Crippen molar-refractivity contribution in [1.82, 2.24) is 25.2 Å². The number of carboxylic acid groups (broad SMARTS) is 3. The van der Waals surface area contributed by atoms with E-state index >= 15 is 0 Å². The third-order valence-electron chi connectivity index (χ3n) is 5.93. The van der Waals surface area contributed by atoms with Crippen molar-refractivity contribution in [2.24, 2.45) is 0 Å². The van der Waals surface area contributed by atoms with Crippen LogP contribution >= 0.6 is 0 Å². The molecule has 0 bridgehead atoms. The van der Waals surface area contributed by atoms with Gasteiger partial charge in [0, 0.05) is 44.7 Å². The van der Waals surface area contributed by atoms with E-state index in [9.17, 15) is 38.6 Å². The van der Waals surface area contributed by atoms with Gasteiger partial charge in [-0.25, -0.2) is 14.4 Å². The molecule has 40 heavy (non-hydrogen) atoms. The van der Waals surface area contributed by atoms with Gasteiger partial charge in [0.2, 0.25) is 5.91 Å². The number of aryl methyl sites for hydroxylation is 2. The van der Waals surface area contributed by atoms with Gasteiger partial charge in [-0.05, 0) is 43.4 Å². The number of carboxylic acids is 3. The number of halogens is 1. The average Bonchev–Trinajstić information content (AvgIpc) is 3.35. The Morgan fingerprint density at radius 1 is 1.02 bits per heavy atom. The average molecular weight is 565 g/mol. The summed E-state index contributed by atoms with van der Waals surface area (Å²) in [6.45, 7) is 0.0499. The van der Waals surface area contributed by atoms with Gasteiger partial charge in [0.1, 0.15) is 12.1 Å². The summed E-state index contributed by atoms with van der Waals surface area (Å²) in [4.78, 5) is 59.5. The molecule has 2 atom stereocenters. The van der Waals surface area contributed by atoms with Crippen LogP contribution in [0.4, 0.5) is 14.9 Å². The minimum absolute atomic E-state index is 0.106. The van der Waals surface area contributed by atoms with Crippen molar-refractivity contribution >= 4 is 35.5 Å². The Kier molecular flexibility index (Phi) is 12.5. The van der Waals surface area contributed by atoms with E-state index in [0.29, 0.717) is 42.8 Å². The molecule has 0 unspecified atom stereocenters. The monoisotopic (exact) mass is 564 g/mol. The van der Waals surface area contributed by atoms with Crippen LogP contribution in [-0.4, -0.2) is 90.9 Å². The highest BCUT2D eigenvalue weighted by Gasteiger charge is 2.30. The van der Waals surface area contributed by atoms with Gasteiger partial charge in [-0.3, -0.25) is 18.7 Å². The standard InChI is InChI=1S/C25H33FN6O8/c1-31(25(40)28-19(23(36)37)10-11-22(34)35)20(24(38)39)14-16-6-8-17(9-7-16)27-21(33)5-3-13-32-15-18(29-30-32)4-2-12-26/h6-9,15,19-20H,2-5,10-14H2,1H3,(H,27,33)(H,28,40)(H,34,35)(H,36,37)(H,38,39)/t19-,20-/m0/s1. The maximum absolute atomic E-state index is 12.5. The lowest BCUT2D eigenvalue weighted by molar-refractivity contribution is -0.142. The highest BCUT2D eigenvalue weighted by molar-refractivity contribution is 5.90. The number of hydrogen-bond acceptors (Lipinski definition) is 7. The number of rotatable bonds is 17. The van der Waals surface area contributed by atoms with Crippen LogP contribution in [0.25, 0.3) is 0 Å². The zero-order chi connectivity index (χ0) is 29.7. The van der Waals surface area contributed by atoms with Crippen molar-refractivity contribution in [2.45, 2.75) is 63.6 Å². The van der Waals surface area contributed by atoms with Crippen molar-refractivity contribution in [2.75, 3.05) is 19.0 Å². The molecule has 15 heteroatoms. The zero-order valence-electron chi connectivity index (χ0n) is 22.0. The molecule has 5 N–H and O–H groups in total. The quantitative estimate of drug-likeness (QED) is 0.187. The van der Waals surface area contributed by atoms with Gasteiger partial charge < -0.3 is 30.9 Å². The van der Waals surface area contributed by atoms with Crippen LogP contribution < -0.4 is 10.6 Å². The van der Waals surface area contributed by atoms with E-state index in [1.807, 2.05) is 0 Å². The van der Waals surface area contributed by atoms with Crippen LogP contribution in [0.3, 0.4) is 0 Å². The number of hydrogen-bond donors (Lipinski definition) is 5. The molecule has 2 aromatic rings. The minimum Gasteiger partial charge on any atom is -0.481 e. The lowest BCUT2D eigenvalue weighted by Gasteiger charge is -2.27. The van der Waals surface area contributed by atoms with E-state index in [0.717, 1.165) is 4.90 Å². The maximum Gasteiger partial charge on any atom is 0.326 e. The smallest absolute Gasteiger partial charge is 0.326 e. The Hall–Kier alpha value is -4.56. The number of urea groups is 1. The molecule has 14 nitrogen and oxygen atoms in total. The third kappa shape index (κ3) is 10.7. The molecular weight excluding hydrogens is 531 g/mol. The fourth-order valence-corrected chi connectivity index (χ4v) is 3.69. The summed E-state index contributed by atoms with van der Waals surface area (Å²) in [6, 6.07) is 2.56. The Labute approximate surface area is 229 Å². The summed E-state index contributed by atoms with van der Waals surface area (Å²) in [5, 5.41) is 40.4. The molecule has 0 aliphatic carbocycles. The van der Waals surface area contributed by atoms with Gasteiger partial charge >= 0.3 is 23.9 Å². The van der Waals surface area contributed by atoms with Gasteiger partial charge in [0.25, 0.3) is 0 Å². The number of anilines is 1. The Morgan fingerprint density at radius 3 is 2.33 bits per heavy atom. The fourth-order valence-electron chi connectivity index (χ4n) is 3.69. The van der Waals surface area contributed by atoms with E-state index in [1.54, 1.807) is 35.1 Å². The van der Waals surface area contributed by atoms with E-state index in [2.05, 4.69) is 20.9 Å². The first-order valence-corrected chi connectivity index (χ1v) is 12.5. The summed E-state index contributed by atoms with van der Waals surface area (Å²) >= 11 is 0. The highest BCUT2D eigenvalue weighted by atomic mass is 19.1. The van der Waals surface area contributed by atoms with Crippen molar-refractivity contribution in [3.8, 4) is 0 Å². The number of aliphatic carboxylic acids is 3. The summed E-state index contributed by atoms with van der Waals surface area (Å²) in [7, 11) is 1.20. The molecule has 2 rings (SSSR count). The number of nitrogens with one attached hydrogen (secondary N) is 2. The number of carbonyl (C=O) groups excluding carboxylic acids is 2. The predicted octanol–water partition coefficient (Wildman–Crippen LogP) is 1.55. The van der Waals surface area contributed by atoms with Crippen molar-refractivity contribution in [3.63, 3.8) is 0 Å². The molecule has 3 amide bonds. The normalized spacial score (nSPS) is 12.2. The maximum atomic E-state index is 12.5. The summed E-state index contributed by atoms with van der Waals surface area (Å²) in [6.07, 6.45) is 2.37. The number of aromatic nitrogens is 3. The molecule has 0 saturated heterocycles. The van der Waals surface area contributed by atoms with Gasteiger partial charge in [0.05, 0.1) is 12.4 Å². The molecule has 0 fully saturated rings. The Bertz CT molecular complexity index is 1170. The lowest BCUT2D eigenvalue weighted by atomic mass is 10.0. The molecule has 218 valence electrons. The van der Waals surface area contributed by atoms with Crippen molar-refractivity contribution < 1.29 is 43.7 Å². The van der Waals surface area contributed by atoms with E-state index in [-0.39, 0.29) is 25.2 Å². The van der Waals surface area contributed by atoms with E-state index < -0.39 is 49.1 Å². The SMILES string of the molecule is CN(C(=O)N[C@@H](CCC(=O)O)C(=O)O)[C@@H](Cc1ccc(NC(=O)CCCn2cc(CCCF)nn2)cc1)C(=O)O. The lowest BCUT2D eigenvalue weighted by Crippen LogP contribution is -2.52. The van der Waals surface area contributed by atoms with Crippen LogP contribution in [0.5, 0.6) is 0 Å². The van der Waals surface area contributed by atoms with Crippen LogP contribution in [0.15, 0.2) is 30.5 Å². The number of likely N-dealkylation sites (N-methyl/N-ethyl adjacent to an activating group) is 1. The molecule has 0 radical (unpaired) electrons. The second kappa shape index (κ2) is 15.8. The predicted molar refractivity (Wildman–Crippen MR) is 138 cm³/mol. The van der Waals surface area contributed by atoms with Crippen molar-refractivity contribution in [3.05, 3.63) is 41.7 Å². The third-order valence-corrected chi connectivity index (χ3v) is 5.93. The topological polar surface area (TPSA) is 204 Å². The second-order valence-electron chi connectivity index (χ2n) is 9.06. The molecule has 1 aromatic heterocycles. The molecule has 0 aliphatic heterocycles. The van der Waals surface area contributed by atoms with Crippen LogP contribution in [-0.2, 0) is 38.6 Å². The number of alkyl halides is 1. The number of benzene rings is 1. The zero-order valence-corrected chi connectivity index (χ0v) is 22.0. The summed E-state index contributed by atoms with van der Waals surface area (Å²) < 4.78 is 13.9. The number of amides is 3. The first kappa shape index (κ1) is 31.7.